The van der Waals surface area contributed by atoms with E-state index in [0.29, 0.717) is 5.57 Å². The summed E-state index contributed by atoms with van der Waals surface area (Å²) >= 11 is 0. The first-order valence-electron chi connectivity index (χ1n) is 8.77. The SMILES string of the molecule is C=C1C(=O)O[C@H]2[C@H]1CC1C(COC(=O)n3cncn3)=CCC[C@@]3(C)O[C@@]123. The summed E-state index contributed by atoms with van der Waals surface area (Å²) in [7, 11) is 0. The molecule has 0 N–H and O–H groups in total. The van der Waals surface area contributed by atoms with Crippen LogP contribution < -0.4 is 0 Å². The quantitative estimate of drug-likeness (QED) is 0.343. The molecule has 8 nitrogen and oxygen atoms in total. The number of carbonyl (C=O) groups is 2. The summed E-state index contributed by atoms with van der Waals surface area (Å²) in [6.45, 7) is 6.15. The van der Waals surface area contributed by atoms with Crippen molar-refractivity contribution in [3.63, 3.8) is 0 Å². The molecule has 1 unspecified atom stereocenters. The molecule has 1 aromatic rings. The van der Waals surface area contributed by atoms with E-state index in [4.69, 9.17) is 14.2 Å². The van der Waals surface area contributed by atoms with Gasteiger partial charge in [-0.2, -0.15) is 4.68 Å². The zero-order valence-corrected chi connectivity index (χ0v) is 14.4. The van der Waals surface area contributed by atoms with Crippen LogP contribution in [0.15, 0.2) is 36.5 Å². The molecule has 5 rings (SSSR count). The number of hydrogen-bond acceptors (Lipinski definition) is 7. The average molecular weight is 357 g/mol. The van der Waals surface area contributed by atoms with Crippen molar-refractivity contribution in [2.75, 3.05) is 6.61 Å². The minimum Gasteiger partial charge on any atom is -0.455 e. The molecule has 3 fully saturated rings. The van der Waals surface area contributed by atoms with Crippen LogP contribution in [0.5, 0.6) is 0 Å². The Morgan fingerprint density at radius 2 is 2.38 bits per heavy atom. The molecule has 3 heterocycles. The van der Waals surface area contributed by atoms with Crippen LogP contribution in [0.3, 0.4) is 0 Å². The Kier molecular flexibility index (Phi) is 3.05. The van der Waals surface area contributed by atoms with Gasteiger partial charge in [0.25, 0.3) is 0 Å². The van der Waals surface area contributed by atoms with Gasteiger partial charge in [-0.15, -0.1) is 5.10 Å². The van der Waals surface area contributed by atoms with Gasteiger partial charge in [-0.1, -0.05) is 12.7 Å². The van der Waals surface area contributed by atoms with Crippen LogP contribution in [0.4, 0.5) is 4.79 Å². The largest absolute Gasteiger partial charge is 0.455 e. The van der Waals surface area contributed by atoms with Crippen LogP contribution in [0.25, 0.3) is 0 Å². The minimum atomic E-state index is -0.574. The fraction of sp³-hybridized carbons (Fsp3) is 0.556. The first-order chi connectivity index (χ1) is 12.5. The Bertz CT molecular complexity index is 847. The third-order valence-corrected chi connectivity index (χ3v) is 6.36. The third kappa shape index (κ3) is 1.87. The average Bonchev–Trinajstić information content (AvgIpc) is 2.98. The predicted octanol–water partition coefficient (Wildman–Crippen LogP) is 1.63. The molecule has 5 atom stereocenters. The molecule has 0 bridgehead atoms. The number of nitrogens with zero attached hydrogens (tertiary/aromatic N) is 3. The summed E-state index contributed by atoms with van der Waals surface area (Å²) in [4.78, 5) is 27.8. The van der Waals surface area contributed by atoms with Gasteiger partial charge in [-0.05, 0) is 31.8 Å². The van der Waals surface area contributed by atoms with Gasteiger partial charge in [0.2, 0.25) is 0 Å². The lowest BCUT2D eigenvalue weighted by atomic mass is 9.80. The van der Waals surface area contributed by atoms with E-state index >= 15 is 0 Å². The van der Waals surface area contributed by atoms with E-state index in [-0.39, 0.29) is 36.1 Å². The highest BCUT2D eigenvalue weighted by Crippen LogP contribution is 2.69. The van der Waals surface area contributed by atoms with E-state index < -0.39 is 11.7 Å². The van der Waals surface area contributed by atoms with Crippen LogP contribution in [0.1, 0.15) is 26.2 Å². The van der Waals surface area contributed by atoms with Crippen molar-refractivity contribution >= 4 is 12.1 Å². The second-order valence-corrected chi connectivity index (χ2v) is 7.58. The number of aromatic nitrogens is 3. The molecule has 1 saturated carbocycles. The molecule has 0 amide bonds. The Hall–Kier alpha value is -2.48. The number of rotatable bonds is 2. The lowest BCUT2D eigenvalue weighted by molar-refractivity contribution is -0.141. The van der Waals surface area contributed by atoms with Crippen LogP contribution in [-0.2, 0) is 19.0 Å². The zero-order chi connectivity index (χ0) is 18.1. The van der Waals surface area contributed by atoms with E-state index in [1.54, 1.807) is 0 Å². The molecule has 0 aromatic carbocycles. The van der Waals surface area contributed by atoms with Gasteiger partial charge in [0.15, 0.2) is 0 Å². The summed E-state index contributed by atoms with van der Waals surface area (Å²) in [5, 5.41) is 3.78. The van der Waals surface area contributed by atoms with Crippen LogP contribution in [0.2, 0.25) is 0 Å². The van der Waals surface area contributed by atoms with Crippen molar-refractivity contribution in [3.05, 3.63) is 36.5 Å². The molecule has 1 aromatic heterocycles. The number of fused-ring (bicyclic) bond motifs is 1. The molecule has 0 radical (unpaired) electrons. The van der Waals surface area contributed by atoms with E-state index in [0.717, 1.165) is 29.5 Å². The number of esters is 1. The molecule has 2 aliphatic carbocycles. The Morgan fingerprint density at radius 3 is 3.15 bits per heavy atom. The molecule has 26 heavy (non-hydrogen) atoms. The highest BCUT2D eigenvalue weighted by atomic mass is 16.7. The lowest BCUT2D eigenvalue weighted by Gasteiger charge is -2.24. The van der Waals surface area contributed by atoms with E-state index in [1.807, 2.05) is 0 Å². The summed E-state index contributed by atoms with van der Waals surface area (Å²) in [6, 6.07) is 0. The second-order valence-electron chi connectivity index (χ2n) is 7.58. The van der Waals surface area contributed by atoms with Crippen LogP contribution in [0, 0.1) is 11.8 Å². The summed E-state index contributed by atoms with van der Waals surface area (Å²) in [5.74, 6) is -0.321. The monoisotopic (exact) mass is 357 g/mol. The number of hydrogen-bond donors (Lipinski definition) is 0. The maximum absolute atomic E-state index is 12.1. The molecule has 1 spiro atoms. The van der Waals surface area contributed by atoms with Crippen molar-refractivity contribution in [2.45, 2.75) is 43.5 Å². The number of ether oxygens (including phenoxy) is 3. The van der Waals surface area contributed by atoms with Gasteiger partial charge < -0.3 is 14.2 Å². The molecular weight excluding hydrogens is 338 g/mol. The van der Waals surface area contributed by atoms with Crippen molar-refractivity contribution in [1.82, 2.24) is 14.8 Å². The summed E-state index contributed by atoms with van der Waals surface area (Å²) in [5.41, 5.74) is 0.678. The molecule has 136 valence electrons. The standard InChI is InChI=1S/C18H19N3O5/c1-10-12-6-13-11(7-24-16(23)21-9-19-8-20-21)4-3-5-17(2)18(13,26-17)14(12)25-15(10)22/h4,8-9,12-14H,1,3,5-7H2,2H3/t12-,13?,14-,17+,18-/m0/s1. The number of epoxide rings is 1. The van der Waals surface area contributed by atoms with Gasteiger partial charge in [-0.3, -0.25) is 0 Å². The maximum Gasteiger partial charge on any atom is 0.436 e. The number of allylic oxidation sites excluding steroid dienone is 1. The normalized spacial score (nSPS) is 40.0. The molecular formula is C18H19N3O5. The van der Waals surface area contributed by atoms with E-state index in [2.05, 4.69) is 29.7 Å². The second kappa shape index (κ2) is 5.03. The molecule has 2 aliphatic heterocycles. The Balaban J connectivity index is 1.40. The fourth-order valence-electron chi connectivity index (χ4n) is 5.05. The first kappa shape index (κ1) is 15.7. The van der Waals surface area contributed by atoms with Gasteiger partial charge in [0.05, 0.1) is 5.60 Å². The Morgan fingerprint density at radius 1 is 1.54 bits per heavy atom. The van der Waals surface area contributed by atoms with Gasteiger partial charge in [-0.25, -0.2) is 14.6 Å². The maximum atomic E-state index is 12.1. The highest BCUT2D eigenvalue weighted by molar-refractivity contribution is 5.91. The van der Waals surface area contributed by atoms with Gasteiger partial charge in [0.1, 0.15) is 31.0 Å². The first-order valence-corrected chi connectivity index (χ1v) is 8.77. The fourth-order valence-corrected chi connectivity index (χ4v) is 5.05. The van der Waals surface area contributed by atoms with Crippen molar-refractivity contribution in [2.24, 2.45) is 11.8 Å². The Labute approximate surface area is 149 Å². The van der Waals surface area contributed by atoms with Gasteiger partial charge >= 0.3 is 12.1 Å². The zero-order valence-electron chi connectivity index (χ0n) is 14.4. The van der Waals surface area contributed by atoms with E-state index in [9.17, 15) is 9.59 Å². The molecule has 4 aliphatic rings. The molecule has 8 heteroatoms. The van der Waals surface area contributed by atoms with E-state index in [1.165, 1.54) is 12.7 Å². The van der Waals surface area contributed by atoms with Crippen molar-refractivity contribution in [3.8, 4) is 0 Å². The third-order valence-electron chi connectivity index (χ3n) is 6.36. The highest BCUT2D eigenvalue weighted by Gasteiger charge is 2.81. The van der Waals surface area contributed by atoms with Crippen molar-refractivity contribution in [1.29, 1.82) is 0 Å². The topological polar surface area (TPSA) is 95.8 Å². The predicted molar refractivity (Wildman–Crippen MR) is 86.9 cm³/mol. The minimum absolute atomic E-state index is 0.0400. The summed E-state index contributed by atoms with van der Waals surface area (Å²) in [6.07, 6.45) is 6.23. The lowest BCUT2D eigenvalue weighted by Crippen LogP contribution is -2.39. The van der Waals surface area contributed by atoms with Crippen molar-refractivity contribution < 1.29 is 23.8 Å². The van der Waals surface area contributed by atoms with Crippen LogP contribution >= 0.6 is 0 Å². The van der Waals surface area contributed by atoms with Crippen LogP contribution in [-0.4, -0.2) is 50.7 Å². The smallest absolute Gasteiger partial charge is 0.436 e. The van der Waals surface area contributed by atoms with Gasteiger partial charge in [0, 0.05) is 17.4 Å². The summed E-state index contributed by atoms with van der Waals surface area (Å²) < 4.78 is 18.4. The molecule has 2 saturated heterocycles. The number of carbonyl (C=O) groups excluding carboxylic acids is 2.